The van der Waals surface area contributed by atoms with E-state index in [0.717, 1.165) is 10.6 Å². The Morgan fingerprint density at radius 3 is 2.65 bits per heavy atom. The van der Waals surface area contributed by atoms with E-state index in [1.807, 2.05) is 32.0 Å². The van der Waals surface area contributed by atoms with Crippen LogP contribution in [-0.4, -0.2) is 27.1 Å². The number of carbonyl (C=O) groups is 1. The molecule has 2 aromatic carbocycles. The molecule has 1 amide bonds. The van der Waals surface area contributed by atoms with E-state index in [2.05, 4.69) is 15.4 Å². The molecular formula is C22H20N4O4S. The van der Waals surface area contributed by atoms with E-state index in [-0.39, 0.29) is 24.7 Å². The number of fused-ring (bicyclic) bond motifs is 1. The molecule has 4 aromatic rings. The van der Waals surface area contributed by atoms with Gasteiger partial charge in [0, 0.05) is 17.8 Å². The van der Waals surface area contributed by atoms with Gasteiger partial charge in [-0.2, -0.15) is 9.61 Å². The molecule has 1 N–H and O–H groups in total. The zero-order valence-electron chi connectivity index (χ0n) is 17.0. The minimum Gasteiger partial charge on any atom is -0.487 e. The number of aryl methyl sites for hydroxylation is 2. The molecule has 2 heterocycles. The zero-order valence-corrected chi connectivity index (χ0v) is 17.8. The van der Waals surface area contributed by atoms with Crippen molar-refractivity contribution in [2.45, 2.75) is 20.5 Å². The maximum absolute atomic E-state index is 12.2. The lowest BCUT2D eigenvalue weighted by Crippen LogP contribution is -2.20. The van der Waals surface area contributed by atoms with Gasteiger partial charge in [-0.25, -0.2) is 4.98 Å². The van der Waals surface area contributed by atoms with Crippen molar-refractivity contribution in [1.29, 1.82) is 0 Å². The van der Waals surface area contributed by atoms with E-state index in [1.54, 1.807) is 30.3 Å². The monoisotopic (exact) mass is 436 g/mol. The Balaban J connectivity index is 1.36. The molecule has 0 fully saturated rings. The van der Waals surface area contributed by atoms with Crippen molar-refractivity contribution in [2.75, 3.05) is 11.9 Å². The predicted octanol–water partition coefficient (Wildman–Crippen LogP) is 3.36. The van der Waals surface area contributed by atoms with Crippen LogP contribution in [0.15, 0.2) is 59.4 Å². The summed E-state index contributed by atoms with van der Waals surface area (Å²) in [5.41, 5.74) is 1.90. The summed E-state index contributed by atoms with van der Waals surface area (Å²) in [7, 11) is 0. The number of carbonyl (C=O) groups excluding carboxylic acids is 1. The largest absolute Gasteiger partial charge is 0.487 e. The molecule has 0 bridgehead atoms. The molecule has 31 heavy (non-hydrogen) atoms. The predicted molar refractivity (Wildman–Crippen MR) is 118 cm³/mol. The number of nitrogens with one attached hydrogen (secondary N) is 1. The summed E-state index contributed by atoms with van der Waals surface area (Å²) < 4.78 is 12.6. The number of ether oxygens (including phenoxy) is 2. The number of aromatic nitrogens is 3. The summed E-state index contributed by atoms with van der Waals surface area (Å²) in [6.45, 7) is 3.80. The van der Waals surface area contributed by atoms with Gasteiger partial charge in [0.25, 0.3) is 11.5 Å². The molecule has 0 unspecified atom stereocenters. The van der Waals surface area contributed by atoms with Crippen molar-refractivity contribution in [3.63, 3.8) is 0 Å². The van der Waals surface area contributed by atoms with E-state index in [4.69, 9.17) is 9.47 Å². The van der Waals surface area contributed by atoms with E-state index < -0.39 is 0 Å². The van der Waals surface area contributed by atoms with Crippen LogP contribution in [0.5, 0.6) is 11.5 Å². The van der Waals surface area contributed by atoms with Crippen LogP contribution in [0.1, 0.15) is 16.3 Å². The van der Waals surface area contributed by atoms with Crippen molar-refractivity contribution in [2.24, 2.45) is 0 Å². The fourth-order valence-electron chi connectivity index (χ4n) is 2.90. The minimum absolute atomic E-state index is 0.101. The average molecular weight is 436 g/mol. The van der Waals surface area contributed by atoms with Gasteiger partial charge in [-0.05, 0) is 43.7 Å². The van der Waals surface area contributed by atoms with Gasteiger partial charge >= 0.3 is 0 Å². The zero-order chi connectivity index (χ0) is 21.8. The van der Waals surface area contributed by atoms with Crippen molar-refractivity contribution < 1.29 is 14.3 Å². The van der Waals surface area contributed by atoms with Crippen LogP contribution in [0.25, 0.3) is 4.96 Å². The van der Waals surface area contributed by atoms with E-state index >= 15 is 0 Å². The molecule has 0 aliphatic rings. The summed E-state index contributed by atoms with van der Waals surface area (Å²) >= 11 is 1.34. The highest BCUT2D eigenvalue weighted by molar-refractivity contribution is 7.16. The summed E-state index contributed by atoms with van der Waals surface area (Å²) in [6.07, 6.45) is 0. The van der Waals surface area contributed by atoms with Crippen molar-refractivity contribution in [1.82, 2.24) is 14.6 Å². The Bertz CT molecular complexity index is 1300. The number of nitrogens with zero attached hydrogens (tertiary/aromatic N) is 3. The molecule has 0 aliphatic carbocycles. The Morgan fingerprint density at radius 2 is 1.84 bits per heavy atom. The SMILES string of the molecule is Cc1cccc(OCC(=O)Nc2cccc(OCc3cc(=O)n4nc(C)sc4n3)c2)c1. The van der Waals surface area contributed by atoms with Gasteiger partial charge in [0.15, 0.2) is 6.61 Å². The van der Waals surface area contributed by atoms with Gasteiger partial charge in [0.1, 0.15) is 23.1 Å². The van der Waals surface area contributed by atoms with Gasteiger partial charge < -0.3 is 14.8 Å². The molecule has 0 spiro atoms. The number of benzene rings is 2. The highest BCUT2D eigenvalue weighted by atomic mass is 32.1. The topological polar surface area (TPSA) is 94.8 Å². The number of anilines is 1. The molecule has 8 nitrogen and oxygen atoms in total. The van der Waals surface area contributed by atoms with Crippen LogP contribution in [0.3, 0.4) is 0 Å². The Labute approximate surface area is 182 Å². The van der Waals surface area contributed by atoms with E-state index in [9.17, 15) is 9.59 Å². The molecule has 158 valence electrons. The maximum Gasteiger partial charge on any atom is 0.275 e. The molecule has 0 saturated carbocycles. The summed E-state index contributed by atoms with van der Waals surface area (Å²) in [5, 5.41) is 7.66. The molecule has 0 saturated heterocycles. The van der Waals surface area contributed by atoms with Crippen molar-refractivity contribution in [3.05, 3.63) is 81.2 Å². The fourth-order valence-corrected chi connectivity index (χ4v) is 3.66. The highest BCUT2D eigenvalue weighted by Gasteiger charge is 2.09. The first-order chi connectivity index (χ1) is 15.0. The Morgan fingerprint density at radius 1 is 1.06 bits per heavy atom. The second-order valence-electron chi connectivity index (χ2n) is 6.87. The lowest BCUT2D eigenvalue weighted by molar-refractivity contribution is -0.118. The third-order valence-corrected chi connectivity index (χ3v) is 5.09. The van der Waals surface area contributed by atoms with Crippen molar-refractivity contribution in [3.8, 4) is 11.5 Å². The number of amides is 1. The third kappa shape index (κ3) is 5.26. The standard InChI is InChI=1S/C22H20N4O4S/c1-14-5-3-7-18(9-14)30-13-20(27)23-16-6-4-8-19(10-16)29-12-17-11-21(28)26-22(24-17)31-15(2)25-26/h3-11H,12-13H2,1-2H3,(H,23,27). The van der Waals surface area contributed by atoms with Gasteiger partial charge in [-0.3, -0.25) is 9.59 Å². The maximum atomic E-state index is 12.2. The smallest absolute Gasteiger partial charge is 0.275 e. The van der Waals surface area contributed by atoms with E-state index in [0.29, 0.717) is 27.8 Å². The van der Waals surface area contributed by atoms with Gasteiger partial charge in [0.05, 0.1) is 5.69 Å². The summed E-state index contributed by atoms with van der Waals surface area (Å²) in [5.74, 6) is 0.906. The molecule has 0 atom stereocenters. The third-order valence-electron chi connectivity index (χ3n) is 4.26. The van der Waals surface area contributed by atoms with Gasteiger partial charge in [-0.15, -0.1) is 0 Å². The number of hydrogen-bond acceptors (Lipinski definition) is 7. The second kappa shape index (κ2) is 8.97. The van der Waals surface area contributed by atoms with E-state index in [1.165, 1.54) is 21.9 Å². The second-order valence-corrected chi connectivity index (χ2v) is 8.03. The summed E-state index contributed by atoms with van der Waals surface area (Å²) in [6, 6.07) is 15.9. The van der Waals surface area contributed by atoms with Crippen molar-refractivity contribution >= 4 is 27.9 Å². The quantitative estimate of drug-likeness (QED) is 0.477. The normalized spacial score (nSPS) is 10.8. The molecule has 0 aliphatic heterocycles. The molecule has 2 aromatic heterocycles. The Hall–Kier alpha value is -3.72. The first-order valence-electron chi connectivity index (χ1n) is 9.55. The first kappa shape index (κ1) is 20.5. The first-order valence-corrected chi connectivity index (χ1v) is 10.4. The molecule has 0 radical (unpaired) electrons. The molecule has 4 rings (SSSR count). The lowest BCUT2D eigenvalue weighted by atomic mass is 10.2. The molecule has 9 heteroatoms. The lowest BCUT2D eigenvalue weighted by Gasteiger charge is -2.10. The number of rotatable bonds is 7. The highest BCUT2D eigenvalue weighted by Crippen LogP contribution is 2.19. The molecular weight excluding hydrogens is 416 g/mol. The Kier molecular flexibility index (Phi) is 5.94. The van der Waals surface area contributed by atoms with Crippen LogP contribution >= 0.6 is 11.3 Å². The van der Waals surface area contributed by atoms with Crippen LogP contribution in [0.4, 0.5) is 5.69 Å². The van der Waals surface area contributed by atoms with Crippen LogP contribution in [-0.2, 0) is 11.4 Å². The van der Waals surface area contributed by atoms with Crippen LogP contribution in [0, 0.1) is 13.8 Å². The van der Waals surface area contributed by atoms with Crippen LogP contribution < -0.4 is 20.3 Å². The van der Waals surface area contributed by atoms with Crippen LogP contribution in [0.2, 0.25) is 0 Å². The van der Waals surface area contributed by atoms with Gasteiger partial charge in [0.2, 0.25) is 4.96 Å². The summed E-state index contributed by atoms with van der Waals surface area (Å²) in [4.78, 5) is 29.3. The number of hydrogen-bond donors (Lipinski definition) is 1. The fraction of sp³-hybridized carbons (Fsp3) is 0.182. The minimum atomic E-state index is -0.278. The average Bonchev–Trinajstić information content (AvgIpc) is 3.12. The van der Waals surface area contributed by atoms with Gasteiger partial charge in [-0.1, -0.05) is 29.5 Å².